The summed E-state index contributed by atoms with van der Waals surface area (Å²) in [6.07, 6.45) is 0. The lowest BCUT2D eigenvalue weighted by atomic mass is 9.97. The van der Waals surface area contributed by atoms with Gasteiger partial charge in [-0.1, -0.05) is 48.5 Å². The van der Waals surface area contributed by atoms with Gasteiger partial charge in [-0.3, -0.25) is 0 Å². The number of fused-ring (bicyclic) bond motifs is 2. The smallest absolute Gasteiger partial charge is 0.249 e. The standard InChI is InChI=1S/C25H20N2O4/c1-28-20-13-17(14-21(29-2)23(20)30-3)24-26-27-25(31-24)22-18-10-6-4-8-15(18)12-16-9-5-7-11-19(16)22/h4-14H,1-3H3. The van der Waals surface area contributed by atoms with Gasteiger partial charge < -0.3 is 18.6 Å². The number of methoxy groups -OCH3 is 3. The van der Waals surface area contributed by atoms with Gasteiger partial charge in [0.2, 0.25) is 17.5 Å². The van der Waals surface area contributed by atoms with Crippen molar-refractivity contribution in [1.82, 2.24) is 10.2 Å². The molecule has 0 N–H and O–H groups in total. The summed E-state index contributed by atoms with van der Waals surface area (Å²) in [5.74, 6) is 2.37. The first-order valence-corrected chi connectivity index (χ1v) is 9.78. The van der Waals surface area contributed by atoms with Crippen molar-refractivity contribution in [3.8, 4) is 40.2 Å². The van der Waals surface area contributed by atoms with E-state index in [-0.39, 0.29) is 0 Å². The summed E-state index contributed by atoms with van der Waals surface area (Å²) in [5, 5.41) is 13.0. The Balaban J connectivity index is 1.71. The first-order valence-electron chi connectivity index (χ1n) is 9.78. The minimum atomic E-state index is 0.367. The van der Waals surface area contributed by atoms with Crippen LogP contribution >= 0.6 is 0 Å². The van der Waals surface area contributed by atoms with Crippen LogP contribution in [0.1, 0.15) is 0 Å². The van der Waals surface area contributed by atoms with Crippen molar-refractivity contribution in [2.45, 2.75) is 0 Å². The van der Waals surface area contributed by atoms with Crippen molar-refractivity contribution in [1.29, 1.82) is 0 Å². The average Bonchev–Trinajstić information content (AvgIpc) is 3.31. The second kappa shape index (κ2) is 7.65. The van der Waals surface area contributed by atoms with E-state index in [2.05, 4.69) is 40.5 Å². The number of aromatic nitrogens is 2. The molecule has 0 saturated carbocycles. The normalized spacial score (nSPS) is 11.1. The van der Waals surface area contributed by atoms with E-state index < -0.39 is 0 Å². The molecule has 0 aliphatic rings. The maximum Gasteiger partial charge on any atom is 0.249 e. The van der Waals surface area contributed by atoms with Gasteiger partial charge in [0.15, 0.2) is 11.5 Å². The Kier molecular flexibility index (Phi) is 4.67. The molecule has 1 aromatic heterocycles. The molecule has 0 aliphatic carbocycles. The topological polar surface area (TPSA) is 66.6 Å². The summed E-state index contributed by atoms with van der Waals surface area (Å²) in [5.41, 5.74) is 1.60. The Morgan fingerprint density at radius 2 is 1.19 bits per heavy atom. The fourth-order valence-electron chi connectivity index (χ4n) is 3.89. The van der Waals surface area contributed by atoms with E-state index in [9.17, 15) is 0 Å². The minimum absolute atomic E-state index is 0.367. The van der Waals surface area contributed by atoms with Crippen molar-refractivity contribution >= 4 is 21.5 Å². The molecule has 0 bridgehead atoms. The molecule has 6 nitrogen and oxygen atoms in total. The van der Waals surface area contributed by atoms with Crippen molar-refractivity contribution in [3.05, 3.63) is 66.7 Å². The molecule has 0 amide bonds. The van der Waals surface area contributed by atoms with Crippen molar-refractivity contribution in [2.24, 2.45) is 0 Å². The predicted molar refractivity (Wildman–Crippen MR) is 120 cm³/mol. The molecule has 1 heterocycles. The maximum absolute atomic E-state index is 6.17. The lowest BCUT2D eigenvalue weighted by Crippen LogP contribution is -1.95. The molecule has 0 saturated heterocycles. The van der Waals surface area contributed by atoms with Crippen LogP contribution in [0, 0.1) is 0 Å². The van der Waals surface area contributed by atoms with Gasteiger partial charge in [0.25, 0.3) is 0 Å². The van der Waals surface area contributed by atoms with Gasteiger partial charge in [0.1, 0.15) is 0 Å². The zero-order valence-corrected chi connectivity index (χ0v) is 17.4. The highest BCUT2D eigenvalue weighted by atomic mass is 16.5. The van der Waals surface area contributed by atoms with Crippen LogP contribution < -0.4 is 14.2 Å². The molecule has 4 aromatic carbocycles. The average molecular weight is 412 g/mol. The quantitative estimate of drug-likeness (QED) is 0.343. The van der Waals surface area contributed by atoms with Crippen LogP contribution in [0.5, 0.6) is 17.2 Å². The molecule has 31 heavy (non-hydrogen) atoms. The number of hydrogen-bond acceptors (Lipinski definition) is 6. The third kappa shape index (κ3) is 3.13. The van der Waals surface area contributed by atoms with E-state index in [4.69, 9.17) is 18.6 Å². The third-order valence-electron chi connectivity index (χ3n) is 5.32. The number of hydrogen-bond donors (Lipinski definition) is 0. The summed E-state index contributed by atoms with van der Waals surface area (Å²) >= 11 is 0. The van der Waals surface area contributed by atoms with E-state index in [1.54, 1.807) is 33.5 Å². The summed E-state index contributed by atoms with van der Waals surface area (Å²) in [6, 6.07) is 22.1. The zero-order valence-electron chi connectivity index (χ0n) is 17.4. The van der Waals surface area contributed by atoms with Gasteiger partial charge in [-0.15, -0.1) is 10.2 Å². The Hall–Kier alpha value is -4.06. The van der Waals surface area contributed by atoms with Crippen molar-refractivity contribution in [3.63, 3.8) is 0 Å². The van der Waals surface area contributed by atoms with Crippen LogP contribution in [-0.2, 0) is 0 Å². The second-order valence-corrected chi connectivity index (χ2v) is 7.02. The van der Waals surface area contributed by atoms with E-state index >= 15 is 0 Å². The second-order valence-electron chi connectivity index (χ2n) is 7.02. The van der Waals surface area contributed by atoms with E-state index in [0.717, 1.165) is 27.1 Å². The molecule has 0 spiro atoms. The fourth-order valence-corrected chi connectivity index (χ4v) is 3.89. The van der Waals surface area contributed by atoms with Crippen LogP contribution in [0.4, 0.5) is 0 Å². The van der Waals surface area contributed by atoms with Crippen molar-refractivity contribution in [2.75, 3.05) is 21.3 Å². The first-order chi connectivity index (χ1) is 15.2. The van der Waals surface area contributed by atoms with Gasteiger partial charge >= 0.3 is 0 Å². The number of rotatable bonds is 5. The Labute approximate surface area is 179 Å². The van der Waals surface area contributed by atoms with Crippen LogP contribution in [0.15, 0.2) is 71.1 Å². The van der Waals surface area contributed by atoms with Gasteiger partial charge in [0.05, 0.1) is 26.9 Å². The molecule has 0 fully saturated rings. The van der Waals surface area contributed by atoms with E-state index in [0.29, 0.717) is 34.6 Å². The summed E-state index contributed by atoms with van der Waals surface area (Å²) < 4.78 is 22.5. The molecular formula is C25H20N2O4. The lowest BCUT2D eigenvalue weighted by molar-refractivity contribution is 0.324. The summed E-state index contributed by atoms with van der Waals surface area (Å²) in [4.78, 5) is 0. The highest BCUT2D eigenvalue weighted by Gasteiger charge is 2.20. The Morgan fingerprint density at radius 3 is 1.74 bits per heavy atom. The van der Waals surface area contributed by atoms with Gasteiger partial charge in [-0.05, 0) is 39.7 Å². The van der Waals surface area contributed by atoms with Gasteiger partial charge in [-0.25, -0.2) is 0 Å². The highest BCUT2D eigenvalue weighted by molar-refractivity contribution is 6.11. The molecule has 6 heteroatoms. The van der Waals surface area contributed by atoms with Crippen LogP contribution in [0.2, 0.25) is 0 Å². The molecule has 0 radical (unpaired) electrons. The minimum Gasteiger partial charge on any atom is -0.493 e. The molecule has 154 valence electrons. The van der Waals surface area contributed by atoms with Crippen LogP contribution in [0.3, 0.4) is 0 Å². The maximum atomic E-state index is 6.17. The van der Waals surface area contributed by atoms with E-state index in [1.165, 1.54) is 0 Å². The Morgan fingerprint density at radius 1 is 0.645 bits per heavy atom. The SMILES string of the molecule is COc1cc(-c2nnc(-c3c4ccccc4cc4ccccc34)o2)cc(OC)c1OC. The molecular weight excluding hydrogens is 392 g/mol. The number of nitrogens with zero attached hydrogens (tertiary/aromatic N) is 2. The monoisotopic (exact) mass is 412 g/mol. The predicted octanol–water partition coefficient (Wildman–Crippen LogP) is 5.74. The summed E-state index contributed by atoms with van der Waals surface area (Å²) in [6.45, 7) is 0. The van der Waals surface area contributed by atoms with Crippen LogP contribution in [0.25, 0.3) is 44.5 Å². The fraction of sp³-hybridized carbons (Fsp3) is 0.120. The van der Waals surface area contributed by atoms with Crippen molar-refractivity contribution < 1.29 is 18.6 Å². The summed E-state index contributed by atoms with van der Waals surface area (Å²) in [7, 11) is 4.71. The molecule has 0 unspecified atom stereocenters. The largest absolute Gasteiger partial charge is 0.493 e. The third-order valence-corrected chi connectivity index (χ3v) is 5.32. The molecule has 5 rings (SSSR count). The lowest BCUT2D eigenvalue weighted by Gasteiger charge is -2.12. The number of ether oxygens (including phenoxy) is 3. The molecule has 0 atom stereocenters. The Bertz CT molecular complexity index is 1330. The molecule has 5 aromatic rings. The van der Waals surface area contributed by atoms with Gasteiger partial charge in [-0.2, -0.15) is 0 Å². The number of benzene rings is 4. The highest BCUT2D eigenvalue weighted by Crippen LogP contribution is 2.42. The van der Waals surface area contributed by atoms with E-state index in [1.807, 2.05) is 24.3 Å². The van der Waals surface area contributed by atoms with Crippen LogP contribution in [-0.4, -0.2) is 31.5 Å². The zero-order chi connectivity index (χ0) is 21.4. The van der Waals surface area contributed by atoms with Gasteiger partial charge in [0, 0.05) is 5.56 Å². The first kappa shape index (κ1) is 18.9. The molecule has 0 aliphatic heterocycles.